The molecule has 0 spiro atoms. The Balaban J connectivity index is 1.99. The fourth-order valence-corrected chi connectivity index (χ4v) is 2.91. The maximum atomic E-state index is 12.5. The van der Waals surface area contributed by atoms with Crippen LogP contribution >= 0.6 is 0 Å². The monoisotopic (exact) mass is 321 g/mol. The molecule has 1 heterocycles. The second-order valence-electron chi connectivity index (χ2n) is 5.49. The lowest BCUT2D eigenvalue weighted by molar-refractivity contribution is -0.141. The average Bonchev–Trinajstić information content (AvgIpc) is 2.84. The number of carboxylic acid groups (broad SMARTS) is 1. The number of amides is 2. The molecule has 2 amide bonds. The number of hydrogen-bond donors (Lipinski definition) is 1. The molecule has 1 atom stereocenters. The van der Waals surface area contributed by atoms with Gasteiger partial charge in [-0.15, -0.1) is 0 Å². The molecule has 0 aliphatic carbocycles. The maximum absolute atomic E-state index is 12.5. The van der Waals surface area contributed by atoms with Crippen LogP contribution < -0.4 is 0 Å². The minimum atomic E-state index is -1.27. The zero-order valence-corrected chi connectivity index (χ0v) is 12.8. The molecule has 0 unspecified atom stereocenters. The fraction of sp³-hybridized carbons (Fsp3) is 0.105. The number of carbonyl (C=O) groups is 3. The molecule has 0 aromatic heterocycles. The van der Waals surface area contributed by atoms with E-state index in [0.29, 0.717) is 0 Å². The topological polar surface area (TPSA) is 74.7 Å². The van der Waals surface area contributed by atoms with Crippen molar-refractivity contribution in [2.24, 2.45) is 0 Å². The molecule has 120 valence electrons. The fourth-order valence-electron chi connectivity index (χ4n) is 2.91. The van der Waals surface area contributed by atoms with E-state index in [4.69, 9.17) is 0 Å². The van der Waals surface area contributed by atoms with E-state index in [2.05, 4.69) is 6.58 Å². The molecule has 24 heavy (non-hydrogen) atoms. The molecule has 0 saturated carbocycles. The van der Waals surface area contributed by atoms with Crippen LogP contribution in [0.3, 0.4) is 0 Å². The van der Waals surface area contributed by atoms with Crippen LogP contribution in [0.1, 0.15) is 31.8 Å². The number of rotatable bonds is 5. The standard InChI is InChI=1S/C19H15NO4/c1-2-12-7-3-4-8-13(12)11-16(19(23)24)20-17(21)14-9-5-6-10-15(14)18(20)22/h2-10,16H,1,11H2,(H,23,24)/t16-/m0/s1. The predicted molar refractivity (Wildman–Crippen MR) is 88.6 cm³/mol. The molecule has 2 aromatic carbocycles. The summed E-state index contributed by atoms with van der Waals surface area (Å²) in [7, 11) is 0. The molecule has 1 aliphatic heterocycles. The van der Waals surface area contributed by atoms with Gasteiger partial charge in [-0.05, 0) is 23.3 Å². The molecular weight excluding hydrogens is 306 g/mol. The van der Waals surface area contributed by atoms with Crippen LogP contribution in [-0.2, 0) is 11.2 Å². The van der Waals surface area contributed by atoms with Crippen LogP contribution in [0.25, 0.3) is 6.08 Å². The highest BCUT2D eigenvalue weighted by Crippen LogP contribution is 2.26. The Labute approximate surface area is 138 Å². The molecule has 5 heteroatoms. The van der Waals surface area contributed by atoms with Crippen molar-refractivity contribution in [2.45, 2.75) is 12.5 Å². The number of carbonyl (C=O) groups excluding carboxylic acids is 2. The van der Waals surface area contributed by atoms with Gasteiger partial charge in [-0.3, -0.25) is 14.5 Å². The van der Waals surface area contributed by atoms with E-state index in [0.717, 1.165) is 16.0 Å². The van der Waals surface area contributed by atoms with Crippen molar-refractivity contribution in [1.82, 2.24) is 4.90 Å². The minimum absolute atomic E-state index is 0.0307. The summed E-state index contributed by atoms with van der Waals surface area (Å²) in [5, 5.41) is 9.60. The van der Waals surface area contributed by atoms with E-state index < -0.39 is 23.8 Å². The molecule has 0 saturated heterocycles. The summed E-state index contributed by atoms with van der Waals surface area (Å²) in [5.74, 6) is -2.36. The first-order valence-corrected chi connectivity index (χ1v) is 7.44. The third kappa shape index (κ3) is 2.50. The van der Waals surface area contributed by atoms with E-state index in [1.165, 1.54) is 12.1 Å². The summed E-state index contributed by atoms with van der Waals surface area (Å²) in [4.78, 5) is 37.6. The summed E-state index contributed by atoms with van der Waals surface area (Å²) in [6.45, 7) is 3.71. The van der Waals surface area contributed by atoms with E-state index in [-0.39, 0.29) is 17.5 Å². The van der Waals surface area contributed by atoms with Crippen LogP contribution in [-0.4, -0.2) is 33.8 Å². The van der Waals surface area contributed by atoms with Crippen molar-refractivity contribution in [3.8, 4) is 0 Å². The van der Waals surface area contributed by atoms with E-state index in [9.17, 15) is 19.5 Å². The van der Waals surface area contributed by atoms with Gasteiger partial charge in [0.25, 0.3) is 11.8 Å². The third-order valence-corrected chi connectivity index (χ3v) is 4.11. The van der Waals surface area contributed by atoms with Crippen molar-refractivity contribution < 1.29 is 19.5 Å². The van der Waals surface area contributed by atoms with Gasteiger partial charge in [-0.2, -0.15) is 0 Å². The Kier molecular flexibility index (Phi) is 4.00. The third-order valence-electron chi connectivity index (χ3n) is 4.11. The lowest BCUT2D eigenvalue weighted by Crippen LogP contribution is -2.46. The first-order valence-electron chi connectivity index (χ1n) is 7.44. The van der Waals surface area contributed by atoms with Gasteiger partial charge in [-0.1, -0.05) is 49.1 Å². The van der Waals surface area contributed by atoms with Gasteiger partial charge in [0.1, 0.15) is 6.04 Å². The Morgan fingerprint density at radius 3 is 2.12 bits per heavy atom. The summed E-state index contributed by atoms with van der Waals surface area (Å²) >= 11 is 0. The molecule has 2 aromatic rings. The largest absolute Gasteiger partial charge is 0.480 e. The second kappa shape index (κ2) is 6.12. The van der Waals surface area contributed by atoms with Gasteiger partial charge in [-0.25, -0.2) is 4.79 Å². The van der Waals surface area contributed by atoms with Gasteiger partial charge < -0.3 is 5.11 Å². The van der Waals surface area contributed by atoms with Crippen molar-refractivity contribution >= 4 is 23.9 Å². The molecule has 0 bridgehead atoms. The van der Waals surface area contributed by atoms with Gasteiger partial charge >= 0.3 is 5.97 Å². The van der Waals surface area contributed by atoms with Gasteiger partial charge in [0.05, 0.1) is 11.1 Å². The van der Waals surface area contributed by atoms with Gasteiger partial charge in [0, 0.05) is 6.42 Å². The molecular formula is C19H15NO4. The summed E-state index contributed by atoms with van der Waals surface area (Å²) in [6.07, 6.45) is 1.65. The molecule has 1 N–H and O–H groups in total. The Morgan fingerprint density at radius 2 is 1.58 bits per heavy atom. The smallest absolute Gasteiger partial charge is 0.327 e. The van der Waals surface area contributed by atoms with Crippen LogP contribution in [0.15, 0.2) is 55.1 Å². The van der Waals surface area contributed by atoms with Crippen LogP contribution in [0, 0.1) is 0 Å². The van der Waals surface area contributed by atoms with Crippen LogP contribution in [0.4, 0.5) is 0 Å². The van der Waals surface area contributed by atoms with Crippen LogP contribution in [0.2, 0.25) is 0 Å². The number of imide groups is 1. The van der Waals surface area contributed by atoms with Crippen molar-refractivity contribution in [3.63, 3.8) is 0 Å². The highest BCUT2D eigenvalue weighted by Gasteiger charge is 2.42. The minimum Gasteiger partial charge on any atom is -0.480 e. The summed E-state index contributed by atoms with van der Waals surface area (Å²) in [5.41, 5.74) is 1.98. The highest BCUT2D eigenvalue weighted by molar-refractivity contribution is 6.22. The lowest BCUT2D eigenvalue weighted by Gasteiger charge is -2.23. The zero-order valence-electron chi connectivity index (χ0n) is 12.8. The summed E-state index contributed by atoms with van der Waals surface area (Å²) < 4.78 is 0. The SMILES string of the molecule is C=Cc1ccccc1C[C@@H](C(=O)O)N1C(=O)c2ccccc2C1=O. The predicted octanol–water partition coefficient (Wildman–Crippen LogP) is 2.62. The highest BCUT2D eigenvalue weighted by atomic mass is 16.4. The van der Waals surface area contributed by atoms with E-state index in [1.54, 1.807) is 30.3 Å². The number of fused-ring (bicyclic) bond motifs is 1. The van der Waals surface area contributed by atoms with Gasteiger partial charge in [0.15, 0.2) is 0 Å². The van der Waals surface area contributed by atoms with Crippen LogP contribution in [0.5, 0.6) is 0 Å². The van der Waals surface area contributed by atoms with Gasteiger partial charge in [0.2, 0.25) is 0 Å². The zero-order chi connectivity index (χ0) is 17.3. The van der Waals surface area contributed by atoms with E-state index in [1.807, 2.05) is 12.1 Å². The quantitative estimate of drug-likeness (QED) is 0.859. The number of benzene rings is 2. The van der Waals surface area contributed by atoms with Crippen molar-refractivity contribution in [3.05, 3.63) is 77.4 Å². The normalized spacial score (nSPS) is 14.4. The second-order valence-corrected chi connectivity index (χ2v) is 5.49. The first kappa shape index (κ1) is 15.7. The molecule has 0 fully saturated rings. The number of aliphatic carboxylic acids is 1. The lowest BCUT2D eigenvalue weighted by atomic mass is 9.99. The Hall–Kier alpha value is -3.21. The molecule has 3 rings (SSSR count). The number of nitrogens with zero attached hydrogens (tertiary/aromatic N) is 1. The first-order chi connectivity index (χ1) is 11.5. The van der Waals surface area contributed by atoms with E-state index >= 15 is 0 Å². The van der Waals surface area contributed by atoms with Crippen molar-refractivity contribution in [2.75, 3.05) is 0 Å². The number of hydrogen-bond acceptors (Lipinski definition) is 3. The molecule has 0 radical (unpaired) electrons. The summed E-state index contributed by atoms with van der Waals surface area (Å²) in [6, 6.07) is 12.3. The molecule has 5 nitrogen and oxygen atoms in total. The number of carboxylic acids is 1. The average molecular weight is 321 g/mol. The Bertz CT molecular complexity index is 821. The maximum Gasteiger partial charge on any atom is 0.327 e. The Morgan fingerprint density at radius 1 is 1.04 bits per heavy atom. The van der Waals surface area contributed by atoms with Crippen molar-refractivity contribution in [1.29, 1.82) is 0 Å². The molecule has 1 aliphatic rings.